The molecule has 17 atom stereocenters. The molecule has 4 amide bonds. The second kappa shape index (κ2) is 16.7. The van der Waals surface area contributed by atoms with Gasteiger partial charge in [-0.05, 0) is 88.0 Å². The summed E-state index contributed by atoms with van der Waals surface area (Å²) < 4.78 is 17.1. The number of hydrazone groups is 1. The van der Waals surface area contributed by atoms with Gasteiger partial charge in [0, 0.05) is 47.0 Å². The summed E-state index contributed by atoms with van der Waals surface area (Å²) in [6.45, 7) is 3.24. The number of hydrogen-bond donors (Lipinski definition) is 10. The van der Waals surface area contributed by atoms with Gasteiger partial charge >= 0.3 is 12.0 Å². The number of unbranched alkanes of at least 4 members (excludes halogenated alkanes) is 1. The lowest BCUT2D eigenvalue weighted by molar-refractivity contribution is -0.317. The molecule has 10 N–H and O–H groups in total. The first kappa shape index (κ1) is 43.8. The van der Waals surface area contributed by atoms with E-state index in [-0.39, 0.29) is 75.2 Å². The normalized spacial score (nSPS) is 47.0. The minimum absolute atomic E-state index is 0.0544. The highest BCUT2D eigenvalue weighted by Crippen LogP contribution is 2.70. The summed E-state index contributed by atoms with van der Waals surface area (Å²) in [4.78, 5) is 49.4. The van der Waals surface area contributed by atoms with Gasteiger partial charge in [0.1, 0.15) is 24.9 Å². The Bertz CT molecular complexity index is 1760. The van der Waals surface area contributed by atoms with E-state index in [9.17, 15) is 49.8 Å². The van der Waals surface area contributed by atoms with E-state index >= 15 is 0 Å². The van der Waals surface area contributed by atoms with E-state index in [1.807, 2.05) is 18.7 Å². The average molecular weight is 864 g/mol. The number of hydrogen-bond acceptors (Lipinski definition) is 15. The van der Waals surface area contributed by atoms with E-state index < -0.39 is 88.7 Å². The summed E-state index contributed by atoms with van der Waals surface area (Å²) in [5.41, 5.74) is -1.78. The molecule has 4 saturated carbocycles. The maximum Gasteiger partial charge on any atom is 0.331 e. The van der Waals surface area contributed by atoms with Gasteiger partial charge in [0.05, 0.1) is 48.1 Å². The third-order valence-electron chi connectivity index (χ3n) is 15.9. The fourth-order valence-corrected chi connectivity index (χ4v) is 14.1. The van der Waals surface area contributed by atoms with Crippen molar-refractivity contribution in [2.24, 2.45) is 33.7 Å². The zero-order chi connectivity index (χ0) is 42.8. The van der Waals surface area contributed by atoms with Gasteiger partial charge in [-0.15, -0.1) is 0 Å². The Balaban J connectivity index is 0.944. The number of ether oxygens (including phenoxy) is 3. The number of esters is 1. The predicted molar refractivity (Wildman–Crippen MR) is 214 cm³/mol. The maximum atomic E-state index is 13.0. The minimum atomic E-state index is -1.53. The third-order valence-corrected chi connectivity index (χ3v) is 17.4. The summed E-state index contributed by atoms with van der Waals surface area (Å²) in [5.74, 6) is -1.61. The third kappa shape index (κ3) is 7.46. The number of carbonyl (C=O) groups is 4. The van der Waals surface area contributed by atoms with Gasteiger partial charge in [0.15, 0.2) is 6.29 Å². The van der Waals surface area contributed by atoms with Crippen molar-refractivity contribution in [3.8, 4) is 0 Å². The molecular formula is C41H61N5O13S. The molecule has 0 spiro atoms. The molecule has 0 bridgehead atoms. The van der Waals surface area contributed by atoms with Crippen molar-refractivity contribution in [1.82, 2.24) is 21.4 Å². The van der Waals surface area contributed by atoms with Crippen molar-refractivity contribution in [2.75, 3.05) is 18.9 Å². The smallest absolute Gasteiger partial charge is 0.331 e. The molecule has 4 aliphatic heterocycles. The van der Waals surface area contributed by atoms with Gasteiger partial charge in [0.2, 0.25) is 5.91 Å². The average Bonchev–Trinajstić information content (AvgIpc) is 3.97. The van der Waals surface area contributed by atoms with Crippen LogP contribution in [0.25, 0.3) is 0 Å². The molecular weight excluding hydrogens is 803 g/mol. The van der Waals surface area contributed by atoms with E-state index in [2.05, 4.69) is 26.5 Å². The number of thioether (sulfide) groups is 1. The van der Waals surface area contributed by atoms with Crippen LogP contribution in [-0.2, 0) is 28.6 Å². The molecule has 0 unspecified atom stereocenters. The zero-order valence-electron chi connectivity index (χ0n) is 34.2. The number of urea groups is 1. The van der Waals surface area contributed by atoms with Crippen LogP contribution in [-0.4, -0.2) is 151 Å². The van der Waals surface area contributed by atoms with Crippen LogP contribution in [0.4, 0.5) is 4.79 Å². The van der Waals surface area contributed by atoms with Gasteiger partial charge in [-0.1, -0.05) is 13.3 Å². The van der Waals surface area contributed by atoms with Gasteiger partial charge in [-0.3, -0.25) is 9.59 Å². The highest BCUT2D eigenvalue weighted by atomic mass is 32.2. The molecule has 7 fully saturated rings. The van der Waals surface area contributed by atoms with Crippen LogP contribution in [0.15, 0.2) is 16.8 Å². The molecule has 0 aromatic carbocycles. The molecule has 0 aromatic rings. The SMILES string of the molecule is C[C@H]1O[C@@H](O[C@H]2CC[C@]3(/C=N/NC(=O)CNC(=O)CCCC[C@@H]4SC[C@@H]5NC(=O)N[C@@H]54)[C@H]4C[C@@H](O)[C@]5(C)[C@@H](C6=CC(=O)OC6)CC[C@]5(O)[C@@H]4CC[C@]3(O)C2)[C@H](O)[C@H](O)[C@H]1O. The molecule has 4 aliphatic carbocycles. The Kier molecular flexibility index (Phi) is 12.2. The Labute approximate surface area is 353 Å². The maximum absolute atomic E-state index is 13.0. The van der Waals surface area contributed by atoms with Crippen LogP contribution in [0.5, 0.6) is 0 Å². The van der Waals surface area contributed by atoms with Crippen molar-refractivity contribution in [3.63, 3.8) is 0 Å². The van der Waals surface area contributed by atoms with Crippen molar-refractivity contribution in [2.45, 2.75) is 162 Å². The van der Waals surface area contributed by atoms with Crippen LogP contribution in [0, 0.1) is 28.6 Å². The monoisotopic (exact) mass is 863 g/mol. The predicted octanol–water partition coefficient (Wildman–Crippen LogP) is -0.534. The molecule has 8 rings (SSSR count). The van der Waals surface area contributed by atoms with Crippen LogP contribution in [0.3, 0.4) is 0 Å². The lowest BCUT2D eigenvalue weighted by Crippen LogP contribution is -2.71. The molecule has 18 nitrogen and oxygen atoms in total. The van der Waals surface area contributed by atoms with E-state index in [1.165, 1.54) is 6.08 Å². The number of cyclic esters (lactones) is 1. The number of aliphatic hydroxyl groups is 6. The topological polar surface area (TPSA) is 278 Å². The molecule has 0 aromatic heterocycles. The number of nitrogens with one attached hydrogen (secondary N) is 4. The Morgan fingerprint density at radius 1 is 1.02 bits per heavy atom. The van der Waals surface area contributed by atoms with Crippen LogP contribution in [0.2, 0.25) is 0 Å². The second-order valence-corrected chi connectivity index (χ2v) is 20.1. The number of nitrogens with zero attached hydrogens (tertiary/aromatic N) is 1. The quantitative estimate of drug-likeness (QED) is 0.0295. The molecule has 4 heterocycles. The first-order valence-corrected chi connectivity index (χ1v) is 22.7. The largest absolute Gasteiger partial charge is 0.458 e. The van der Waals surface area contributed by atoms with Crippen molar-refractivity contribution < 1.29 is 64.0 Å². The summed E-state index contributed by atoms with van der Waals surface area (Å²) in [6, 6.07) is 0.109. The van der Waals surface area contributed by atoms with Crippen LogP contribution >= 0.6 is 11.8 Å². The molecule has 19 heteroatoms. The molecule has 334 valence electrons. The van der Waals surface area contributed by atoms with Crippen molar-refractivity contribution in [3.05, 3.63) is 11.6 Å². The molecule has 8 aliphatic rings. The Hall–Kier alpha value is -2.88. The lowest BCUT2D eigenvalue weighted by Gasteiger charge is -2.66. The number of fused-ring (bicyclic) bond motifs is 6. The van der Waals surface area contributed by atoms with E-state index in [1.54, 1.807) is 13.1 Å². The second-order valence-electron chi connectivity index (χ2n) is 18.8. The van der Waals surface area contributed by atoms with E-state index in [0.717, 1.165) is 24.2 Å². The number of rotatable bonds is 12. The summed E-state index contributed by atoms with van der Waals surface area (Å²) in [5, 5.41) is 82.3. The first-order valence-electron chi connectivity index (χ1n) is 21.6. The van der Waals surface area contributed by atoms with Gasteiger partial charge in [-0.25, -0.2) is 15.0 Å². The number of amides is 4. The van der Waals surface area contributed by atoms with Crippen molar-refractivity contribution >= 4 is 41.8 Å². The minimum Gasteiger partial charge on any atom is -0.458 e. The van der Waals surface area contributed by atoms with Crippen molar-refractivity contribution in [1.29, 1.82) is 0 Å². The number of carbonyl (C=O) groups excluding carboxylic acids is 4. The fraction of sp³-hybridized carbons (Fsp3) is 0.829. The van der Waals surface area contributed by atoms with Crippen LogP contribution in [0.1, 0.15) is 90.9 Å². The molecule has 0 radical (unpaired) electrons. The van der Waals surface area contributed by atoms with E-state index in [4.69, 9.17) is 14.2 Å². The summed E-state index contributed by atoms with van der Waals surface area (Å²) >= 11 is 1.82. The molecule has 3 saturated heterocycles. The Morgan fingerprint density at radius 3 is 2.58 bits per heavy atom. The fourth-order valence-electron chi connectivity index (χ4n) is 12.6. The zero-order valence-corrected chi connectivity index (χ0v) is 35.0. The van der Waals surface area contributed by atoms with Gasteiger partial charge in [0.25, 0.3) is 5.91 Å². The van der Waals surface area contributed by atoms with Crippen LogP contribution < -0.4 is 21.4 Å². The first-order chi connectivity index (χ1) is 28.5. The number of aliphatic hydroxyl groups excluding tert-OH is 4. The standard InChI is InChI=1S/C41H61N5O13S/c1-20-33(51)34(52)35(53)36(58-20)59-22-7-10-39(19-43-46-30(49)16-42-29(48)6-4-3-5-27-32-26(18-60-27)44-37(54)45-32)25-14-28(47)38(2)23(21-13-31(50)57-17-21)9-12-41(38,56)24(25)8-11-40(39,55)15-22/h13,19-20,22-28,32-36,47,51-53,55-56H,3-12,14-18H2,1-2H3,(H,42,48)(H,46,49)(H2,44,45,54)/b43-19+/t20-,22+,23-,24-,25+,26+,27+,28-,32+,33+,34-,35-,36+,38+,39+,40+,41+/m1/s1. The highest BCUT2D eigenvalue weighted by molar-refractivity contribution is 8.00. The summed E-state index contributed by atoms with van der Waals surface area (Å²) in [7, 11) is 0. The van der Waals surface area contributed by atoms with E-state index in [0.29, 0.717) is 37.4 Å². The summed E-state index contributed by atoms with van der Waals surface area (Å²) in [6.07, 6.45) is -0.195. The molecule has 60 heavy (non-hydrogen) atoms. The Morgan fingerprint density at radius 2 is 1.82 bits per heavy atom. The lowest BCUT2D eigenvalue weighted by atomic mass is 9.41. The van der Waals surface area contributed by atoms with Gasteiger partial charge < -0.3 is 60.8 Å². The van der Waals surface area contributed by atoms with Gasteiger partial charge in [-0.2, -0.15) is 16.9 Å². The highest BCUT2D eigenvalue weighted by Gasteiger charge is 2.73.